The summed E-state index contributed by atoms with van der Waals surface area (Å²) in [6.07, 6.45) is 0. The number of hydrogen-bond acceptors (Lipinski definition) is 2. The maximum Gasteiger partial charge on any atom is 0.235 e. The molecular weight excluding hydrogens is 510 g/mol. The summed E-state index contributed by atoms with van der Waals surface area (Å²) >= 11 is 0. The average Bonchev–Trinajstić information content (AvgIpc) is 3.58. The first-order chi connectivity index (χ1) is 20.9. The van der Waals surface area contributed by atoms with Gasteiger partial charge in [0.05, 0.1) is 22.2 Å². The Morgan fingerprint density at radius 3 is 2.05 bits per heavy atom. The standard InChI is InChI=1S/C39H25N3/c1-3-13-25(14-4-1)35-27-17-7-8-18-28(27)36-31(35)23-24-34-37(36)30-20-10-12-22-33(30)42(34)39-40-32-21-11-9-19-29(32)38(41-39)26-15-5-2-6-16-26/h1-24,35H. The molecule has 6 aromatic carbocycles. The summed E-state index contributed by atoms with van der Waals surface area (Å²) in [6.45, 7) is 0. The Kier molecular flexibility index (Phi) is 4.96. The second-order valence-electron chi connectivity index (χ2n) is 11.0. The monoisotopic (exact) mass is 535 g/mol. The lowest BCUT2D eigenvalue weighted by Gasteiger charge is -2.15. The van der Waals surface area contributed by atoms with Crippen molar-refractivity contribution in [1.29, 1.82) is 0 Å². The molecule has 42 heavy (non-hydrogen) atoms. The van der Waals surface area contributed by atoms with Gasteiger partial charge in [-0.1, -0.05) is 127 Å². The van der Waals surface area contributed by atoms with Gasteiger partial charge in [-0.05, 0) is 46.0 Å². The smallest absolute Gasteiger partial charge is 0.235 e. The number of para-hydroxylation sites is 2. The molecule has 1 aliphatic carbocycles. The fraction of sp³-hybridized carbons (Fsp3) is 0.0256. The van der Waals surface area contributed by atoms with Crippen molar-refractivity contribution in [2.45, 2.75) is 5.92 Å². The van der Waals surface area contributed by atoms with Gasteiger partial charge >= 0.3 is 0 Å². The van der Waals surface area contributed by atoms with Gasteiger partial charge in [0.2, 0.25) is 5.95 Å². The van der Waals surface area contributed by atoms with Crippen molar-refractivity contribution in [3.63, 3.8) is 0 Å². The van der Waals surface area contributed by atoms with E-state index in [1.54, 1.807) is 0 Å². The van der Waals surface area contributed by atoms with E-state index >= 15 is 0 Å². The van der Waals surface area contributed by atoms with Gasteiger partial charge in [0, 0.05) is 27.6 Å². The van der Waals surface area contributed by atoms with Gasteiger partial charge < -0.3 is 0 Å². The maximum absolute atomic E-state index is 5.27. The summed E-state index contributed by atoms with van der Waals surface area (Å²) in [4.78, 5) is 10.4. The molecule has 0 bridgehead atoms. The summed E-state index contributed by atoms with van der Waals surface area (Å²) in [5, 5.41) is 3.52. The van der Waals surface area contributed by atoms with E-state index in [0.717, 1.165) is 33.2 Å². The fourth-order valence-electron chi connectivity index (χ4n) is 6.95. The van der Waals surface area contributed by atoms with Crippen molar-refractivity contribution in [1.82, 2.24) is 14.5 Å². The number of rotatable bonds is 3. The van der Waals surface area contributed by atoms with Crippen LogP contribution in [0.15, 0.2) is 146 Å². The molecule has 2 aromatic heterocycles. The van der Waals surface area contributed by atoms with Crippen molar-refractivity contribution in [3.8, 4) is 28.3 Å². The van der Waals surface area contributed by atoms with Gasteiger partial charge in [-0.3, -0.25) is 4.57 Å². The zero-order chi connectivity index (χ0) is 27.6. The minimum Gasteiger partial charge on any atom is -0.278 e. The van der Waals surface area contributed by atoms with Crippen LogP contribution in [-0.4, -0.2) is 14.5 Å². The van der Waals surface area contributed by atoms with Crippen LogP contribution in [-0.2, 0) is 0 Å². The van der Waals surface area contributed by atoms with Crippen LogP contribution in [0.2, 0.25) is 0 Å². The molecule has 3 nitrogen and oxygen atoms in total. The molecule has 0 amide bonds. The minimum atomic E-state index is 0.200. The van der Waals surface area contributed by atoms with Gasteiger partial charge in [0.25, 0.3) is 0 Å². The molecule has 9 rings (SSSR count). The lowest BCUT2D eigenvalue weighted by Crippen LogP contribution is -2.03. The molecule has 1 unspecified atom stereocenters. The molecule has 0 radical (unpaired) electrons. The molecule has 2 heterocycles. The normalized spacial score (nSPS) is 14.0. The van der Waals surface area contributed by atoms with E-state index in [1.807, 2.05) is 12.1 Å². The number of hydrogen-bond donors (Lipinski definition) is 0. The molecule has 0 fully saturated rings. The lowest BCUT2D eigenvalue weighted by atomic mass is 9.89. The number of nitrogens with zero attached hydrogens (tertiary/aromatic N) is 3. The molecule has 0 saturated carbocycles. The van der Waals surface area contributed by atoms with Crippen LogP contribution < -0.4 is 0 Å². The summed E-state index contributed by atoms with van der Waals surface area (Å²) in [5.41, 5.74) is 11.8. The molecule has 196 valence electrons. The van der Waals surface area contributed by atoms with Crippen LogP contribution in [0.3, 0.4) is 0 Å². The molecule has 1 atom stereocenters. The summed E-state index contributed by atoms with van der Waals surface area (Å²) in [6, 6.07) is 51.8. The third-order valence-corrected chi connectivity index (χ3v) is 8.69. The summed E-state index contributed by atoms with van der Waals surface area (Å²) in [5.74, 6) is 0.884. The second kappa shape index (κ2) is 8.98. The SMILES string of the molecule is c1ccc(-c2nc(-n3c4ccccc4c4c5c(ccc43)C(c3ccccc3)c3ccccc3-5)nc3ccccc23)cc1. The first kappa shape index (κ1) is 23.2. The van der Waals surface area contributed by atoms with Crippen molar-refractivity contribution in [2.75, 3.05) is 0 Å². The Labute approximate surface area is 243 Å². The molecule has 0 saturated heterocycles. The van der Waals surface area contributed by atoms with Gasteiger partial charge in [0.15, 0.2) is 0 Å². The van der Waals surface area contributed by atoms with Crippen LogP contribution >= 0.6 is 0 Å². The largest absolute Gasteiger partial charge is 0.278 e. The predicted molar refractivity (Wildman–Crippen MR) is 172 cm³/mol. The second-order valence-corrected chi connectivity index (χ2v) is 11.0. The van der Waals surface area contributed by atoms with E-state index in [9.17, 15) is 0 Å². The van der Waals surface area contributed by atoms with E-state index in [4.69, 9.17) is 9.97 Å². The summed E-state index contributed by atoms with van der Waals surface area (Å²) in [7, 11) is 0. The van der Waals surface area contributed by atoms with E-state index in [1.165, 1.54) is 38.6 Å². The van der Waals surface area contributed by atoms with Crippen LogP contribution in [0.5, 0.6) is 0 Å². The molecule has 3 heteroatoms. The van der Waals surface area contributed by atoms with Crippen molar-refractivity contribution in [2.24, 2.45) is 0 Å². The Bertz CT molecular complexity index is 2300. The molecule has 0 aliphatic heterocycles. The number of aromatic nitrogens is 3. The van der Waals surface area contributed by atoms with E-state index in [-0.39, 0.29) is 5.92 Å². The lowest BCUT2D eigenvalue weighted by molar-refractivity contribution is 1.01. The zero-order valence-corrected chi connectivity index (χ0v) is 22.8. The Balaban J connectivity index is 1.39. The van der Waals surface area contributed by atoms with Gasteiger partial charge in [-0.15, -0.1) is 0 Å². The summed E-state index contributed by atoms with van der Waals surface area (Å²) < 4.78 is 2.25. The van der Waals surface area contributed by atoms with E-state index in [0.29, 0.717) is 5.95 Å². The van der Waals surface area contributed by atoms with Gasteiger partial charge in [-0.2, -0.15) is 0 Å². The number of benzene rings is 6. The highest BCUT2D eigenvalue weighted by Crippen LogP contribution is 2.52. The molecule has 0 spiro atoms. The highest BCUT2D eigenvalue weighted by Gasteiger charge is 2.33. The quantitative estimate of drug-likeness (QED) is 0.225. The predicted octanol–water partition coefficient (Wildman–Crippen LogP) is 9.55. The highest BCUT2D eigenvalue weighted by molar-refractivity contribution is 6.17. The Hall–Kier alpha value is -5.54. The Morgan fingerprint density at radius 1 is 0.500 bits per heavy atom. The fourth-order valence-corrected chi connectivity index (χ4v) is 6.95. The average molecular weight is 536 g/mol. The van der Waals surface area contributed by atoms with Crippen LogP contribution in [0.1, 0.15) is 22.6 Å². The minimum absolute atomic E-state index is 0.200. The van der Waals surface area contributed by atoms with Gasteiger partial charge in [-0.25, -0.2) is 9.97 Å². The maximum atomic E-state index is 5.27. The van der Waals surface area contributed by atoms with Gasteiger partial charge in [0.1, 0.15) is 0 Å². The third kappa shape index (κ3) is 3.28. The molecule has 1 aliphatic rings. The van der Waals surface area contributed by atoms with E-state index < -0.39 is 0 Å². The highest BCUT2D eigenvalue weighted by atomic mass is 15.2. The third-order valence-electron chi connectivity index (χ3n) is 8.69. The molecular formula is C39H25N3. The van der Waals surface area contributed by atoms with Crippen LogP contribution in [0, 0.1) is 0 Å². The zero-order valence-electron chi connectivity index (χ0n) is 22.8. The van der Waals surface area contributed by atoms with Crippen molar-refractivity contribution >= 4 is 32.7 Å². The topological polar surface area (TPSA) is 30.7 Å². The van der Waals surface area contributed by atoms with Crippen LogP contribution in [0.4, 0.5) is 0 Å². The Morgan fingerprint density at radius 2 is 1.19 bits per heavy atom. The van der Waals surface area contributed by atoms with Crippen molar-refractivity contribution < 1.29 is 0 Å². The van der Waals surface area contributed by atoms with Crippen molar-refractivity contribution in [3.05, 3.63) is 162 Å². The molecule has 0 N–H and O–H groups in total. The molecule has 8 aromatic rings. The number of fused-ring (bicyclic) bond motifs is 8. The van der Waals surface area contributed by atoms with E-state index in [2.05, 4.69) is 138 Å². The first-order valence-corrected chi connectivity index (χ1v) is 14.4. The first-order valence-electron chi connectivity index (χ1n) is 14.4. The van der Waals surface area contributed by atoms with Crippen LogP contribution in [0.25, 0.3) is 61.0 Å².